The third-order valence-corrected chi connectivity index (χ3v) is 3.03. The van der Waals surface area contributed by atoms with Gasteiger partial charge in [0.05, 0.1) is 13.2 Å². The van der Waals surface area contributed by atoms with E-state index >= 15 is 0 Å². The number of methoxy groups -OCH3 is 1. The summed E-state index contributed by atoms with van der Waals surface area (Å²) in [6.45, 7) is 0.210. The van der Waals surface area contributed by atoms with Crippen molar-refractivity contribution in [1.82, 2.24) is 4.98 Å². The van der Waals surface area contributed by atoms with E-state index < -0.39 is 24.1 Å². The van der Waals surface area contributed by atoms with Crippen LogP contribution in [0, 0.1) is 0 Å². The molecule has 0 saturated carbocycles. The first-order chi connectivity index (χ1) is 9.02. The van der Waals surface area contributed by atoms with E-state index in [4.69, 9.17) is 5.11 Å². The molecule has 1 aliphatic heterocycles. The number of hydrogen-bond donors (Lipinski definition) is 2. The van der Waals surface area contributed by atoms with E-state index in [0.717, 1.165) is 0 Å². The maximum absolute atomic E-state index is 11.4. The summed E-state index contributed by atoms with van der Waals surface area (Å²) in [6, 6.07) is 2.25. The largest absolute Gasteiger partial charge is 0.480 e. The van der Waals surface area contributed by atoms with E-state index in [2.05, 4.69) is 9.72 Å². The Kier molecular flexibility index (Phi) is 3.66. The Bertz CT molecular complexity index is 505. The zero-order valence-corrected chi connectivity index (χ0v) is 10.3. The minimum atomic E-state index is -1.01. The number of carboxylic acids is 1. The summed E-state index contributed by atoms with van der Waals surface area (Å²) >= 11 is 0. The summed E-state index contributed by atoms with van der Waals surface area (Å²) in [6.07, 6.45) is 0.868. The molecule has 0 amide bonds. The Morgan fingerprint density at radius 2 is 2.26 bits per heavy atom. The van der Waals surface area contributed by atoms with Crippen molar-refractivity contribution in [3.05, 3.63) is 24.0 Å². The molecule has 1 aliphatic rings. The molecular formula is C12H14N2O5. The predicted molar refractivity (Wildman–Crippen MR) is 65.0 cm³/mol. The molecule has 0 aromatic carbocycles. The zero-order chi connectivity index (χ0) is 14.0. The lowest BCUT2D eigenvalue weighted by Gasteiger charge is -2.23. The van der Waals surface area contributed by atoms with Crippen molar-refractivity contribution in [2.24, 2.45) is 0 Å². The van der Waals surface area contributed by atoms with Gasteiger partial charge < -0.3 is 19.8 Å². The van der Waals surface area contributed by atoms with Crippen LogP contribution in [0.3, 0.4) is 0 Å². The number of aliphatic hydroxyl groups excluding tert-OH is 1. The molecular weight excluding hydrogens is 252 g/mol. The lowest BCUT2D eigenvalue weighted by molar-refractivity contribution is -0.138. The van der Waals surface area contributed by atoms with Crippen molar-refractivity contribution in [3.8, 4) is 0 Å². The Labute approximate surface area is 109 Å². The van der Waals surface area contributed by atoms with Crippen LogP contribution < -0.4 is 4.90 Å². The summed E-state index contributed by atoms with van der Waals surface area (Å²) in [5.74, 6) is -1.60. The van der Waals surface area contributed by atoms with Gasteiger partial charge in [-0.2, -0.15) is 0 Å². The monoisotopic (exact) mass is 266 g/mol. The number of hydrogen-bond acceptors (Lipinski definition) is 6. The highest BCUT2D eigenvalue weighted by atomic mass is 16.5. The topological polar surface area (TPSA) is 100.0 Å². The van der Waals surface area contributed by atoms with Crippen molar-refractivity contribution < 1.29 is 24.5 Å². The van der Waals surface area contributed by atoms with Gasteiger partial charge in [-0.25, -0.2) is 14.6 Å². The third kappa shape index (κ3) is 2.65. The van der Waals surface area contributed by atoms with Gasteiger partial charge in [-0.15, -0.1) is 0 Å². The van der Waals surface area contributed by atoms with E-state index in [1.54, 1.807) is 11.0 Å². The summed E-state index contributed by atoms with van der Waals surface area (Å²) in [4.78, 5) is 27.9. The number of rotatable bonds is 3. The van der Waals surface area contributed by atoms with E-state index in [1.165, 1.54) is 19.4 Å². The number of ether oxygens (including phenoxy) is 1. The van der Waals surface area contributed by atoms with Gasteiger partial charge in [0.25, 0.3) is 0 Å². The smallest absolute Gasteiger partial charge is 0.356 e. The number of carbonyl (C=O) groups is 2. The number of carbonyl (C=O) groups excluding carboxylic acids is 1. The van der Waals surface area contributed by atoms with E-state index in [1.807, 2.05) is 0 Å². The fraction of sp³-hybridized carbons (Fsp3) is 0.417. The molecule has 7 heteroatoms. The van der Waals surface area contributed by atoms with E-state index in [9.17, 15) is 14.7 Å². The van der Waals surface area contributed by atoms with Gasteiger partial charge in [-0.1, -0.05) is 0 Å². The van der Waals surface area contributed by atoms with Crippen molar-refractivity contribution in [2.45, 2.75) is 18.6 Å². The molecule has 0 spiro atoms. The number of β-amino-alcohol motifs (C(OH)–C–C–N with tert-alkyl or cyclic N) is 1. The Hall–Kier alpha value is -2.15. The third-order valence-electron chi connectivity index (χ3n) is 3.03. The SMILES string of the molecule is COC(=O)c1cc(N2CC(O)CC2C(=O)O)ccn1. The van der Waals surface area contributed by atoms with Crippen LogP contribution in [0.1, 0.15) is 16.9 Å². The highest BCUT2D eigenvalue weighted by Gasteiger charge is 2.36. The van der Waals surface area contributed by atoms with Crippen molar-refractivity contribution >= 4 is 17.6 Å². The number of pyridine rings is 1. The van der Waals surface area contributed by atoms with Crippen molar-refractivity contribution in [1.29, 1.82) is 0 Å². The van der Waals surface area contributed by atoms with Crippen molar-refractivity contribution in [2.75, 3.05) is 18.6 Å². The van der Waals surface area contributed by atoms with Gasteiger partial charge in [-0.05, 0) is 12.1 Å². The molecule has 1 aromatic rings. The summed E-state index contributed by atoms with van der Waals surface area (Å²) in [7, 11) is 1.25. The van der Waals surface area contributed by atoms with Crippen LogP contribution in [0.5, 0.6) is 0 Å². The zero-order valence-electron chi connectivity index (χ0n) is 10.3. The molecule has 0 radical (unpaired) electrons. The molecule has 2 N–H and O–H groups in total. The number of carboxylic acid groups (broad SMARTS) is 1. The first kappa shape index (κ1) is 13.3. The maximum Gasteiger partial charge on any atom is 0.356 e. The number of aromatic nitrogens is 1. The molecule has 2 heterocycles. The molecule has 7 nitrogen and oxygen atoms in total. The van der Waals surface area contributed by atoms with Gasteiger partial charge in [0, 0.05) is 24.8 Å². The fourth-order valence-electron chi connectivity index (χ4n) is 2.15. The predicted octanol–water partition coefficient (Wildman–Crippen LogP) is -0.108. The Morgan fingerprint density at radius 3 is 2.89 bits per heavy atom. The van der Waals surface area contributed by atoms with E-state index in [0.29, 0.717) is 5.69 Å². The second-order valence-corrected chi connectivity index (χ2v) is 4.29. The summed E-state index contributed by atoms with van der Waals surface area (Å²) in [5.41, 5.74) is 0.630. The van der Waals surface area contributed by atoms with Crippen LogP contribution >= 0.6 is 0 Å². The Balaban J connectivity index is 2.30. The number of esters is 1. The lowest BCUT2D eigenvalue weighted by Crippen LogP contribution is -2.36. The quantitative estimate of drug-likeness (QED) is 0.736. The normalized spacial score (nSPS) is 22.3. The van der Waals surface area contributed by atoms with Crippen LogP contribution in [-0.4, -0.2) is 52.9 Å². The van der Waals surface area contributed by atoms with Crippen LogP contribution in [0.4, 0.5) is 5.69 Å². The maximum atomic E-state index is 11.4. The number of aliphatic hydroxyl groups is 1. The average Bonchev–Trinajstić information content (AvgIpc) is 2.80. The minimum Gasteiger partial charge on any atom is -0.480 e. The van der Waals surface area contributed by atoms with Crippen molar-refractivity contribution in [3.63, 3.8) is 0 Å². The van der Waals surface area contributed by atoms with Crippen LogP contribution in [0.2, 0.25) is 0 Å². The second-order valence-electron chi connectivity index (χ2n) is 4.29. The number of nitrogens with zero attached hydrogens (tertiary/aromatic N) is 2. The average molecular weight is 266 g/mol. The van der Waals surface area contributed by atoms with Gasteiger partial charge in [-0.3, -0.25) is 0 Å². The molecule has 102 valence electrons. The fourth-order valence-corrected chi connectivity index (χ4v) is 2.15. The first-order valence-corrected chi connectivity index (χ1v) is 5.75. The standard InChI is InChI=1S/C12H14N2O5/c1-19-12(18)9-4-7(2-3-13-9)14-6-8(15)5-10(14)11(16)17/h2-4,8,10,15H,5-6H2,1H3,(H,16,17). The molecule has 1 saturated heterocycles. The molecule has 2 atom stereocenters. The molecule has 1 fully saturated rings. The second kappa shape index (κ2) is 5.23. The van der Waals surface area contributed by atoms with Gasteiger partial charge in [0.15, 0.2) is 0 Å². The van der Waals surface area contributed by atoms with Gasteiger partial charge in [0.1, 0.15) is 11.7 Å². The molecule has 19 heavy (non-hydrogen) atoms. The highest BCUT2D eigenvalue weighted by molar-refractivity contribution is 5.88. The van der Waals surface area contributed by atoms with Gasteiger partial charge >= 0.3 is 11.9 Å². The van der Waals surface area contributed by atoms with Crippen LogP contribution in [-0.2, 0) is 9.53 Å². The minimum absolute atomic E-state index is 0.102. The lowest BCUT2D eigenvalue weighted by atomic mass is 10.2. The highest BCUT2D eigenvalue weighted by Crippen LogP contribution is 2.26. The first-order valence-electron chi connectivity index (χ1n) is 5.75. The van der Waals surface area contributed by atoms with Crippen LogP contribution in [0.15, 0.2) is 18.3 Å². The molecule has 0 bridgehead atoms. The molecule has 2 rings (SSSR count). The molecule has 1 aromatic heterocycles. The molecule has 0 aliphatic carbocycles. The summed E-state index contributed by atoms with van der Waals surface area (Å²) in [5, 5.41) is 18.7. The molecule has 2 unspecified atom stereocenters. The number of aliphatic carboxylic acids is 1. The summed E-state index contributed by atoms with van der Waals surface area (Å²) < 4.78 is 4.56. The van der Waals surface area contributed by atoms with Gasteiger partial charge in [0.2, 0.25) is 0 Å². The number of anilines is 1. The van der Waals surface area contributed by atoms with E-state index in [-0.39, 0.29) is 18.7 Å². The van der Waals surface area contributed by atoms with Crippen LogP contribution in [0.25, 0.3) is 0 Å². The Morgan fingerprint density at radius 1 is 1.53 bits per heavy atom.